The molecule has 0 radical (unpaired) electrons. The highest BCUT2D eigenvalue weighted by Crippen LogP contribution is 2.18. The van der Waals surface area contributed by atoms with E-state index in [1.165, 1.54) is 66.7 Å². The number of nitrogens with zero attached hydrogens (tertiary/aromatic N) is 1. The van der Waals surface area contributed by atoms with E-state index in [0.29, 0.717) is 5.56 Å². The number of amides is 2. The zero-order valence-corrected chi connectivity index (χ0v) is 17.6. The summed E-state index contributed by atoms with van der Waals surface area (Å²) in [5.74, 6) is -2.56. The second-order valence-electron chi connectivity index (χ2n) is 6.68. The van der Waals surface area contributed by atoms with Gasteiger partial charge in [-0.05, 0) is 54.1 Å². The molecular weight excluding hydrogens is 450 g/mol. The standard InChI is InChI=1S/C23H16ClN3O6/c24-19-7-2-1-6-18(19)21(28)26-20(12-14-8-10-17(11-9-14)27(32)33)22(29)25-16-5-3-4-15(13-16)23(30)31/h1-13H,(H,25,29)(H,26,28)(H,30,31)/b20-12+. The van der Waals surface area contributed by atoms with Crippen molar-refractivity contribution in [1.29, 1.82) is 0 Å². The molecule has 0 aliphatic carbocycles. The highest BCUT2D eigenvalue weighted by atomic mass is 35.5. The number of carbonyl (C=O) groups excluding carboxylic acids is 2. The summed E-state index contributed by atoms with van der Waals surface area (Å²) in [6, 6.07) is 17.2. The van der Waals surface area contributed by atoms with E-state index in [-0.39, 0.29) is 33.2 Å². The van der Waals surface area contributed by atoms with Gasteiger partial charge in [0.25, 0.3) is 17.5 Å². The molecule has 0 fully saturated rings. The number of anilines is 1. The lowest BCUT2D eigenvalue weighted by Crippen LogP contribution is -2.31. The maximum Gasteiger partial charge on any atom is 0.335 e. The van der Waals surface area contributed by atoms with Gasteiger partial charge in [-0.25, -0.2) is 4.79 Å². The van der Waals surface area contributed by atoms with E-state index in [4.69, 9.17) is 16.7 Å². The Labute approximate surface area is 192 Å². The van der Waals surface area contributed by atoms with Gasteiger partial charge < -0.3 is 15.7 Å². The van der Waals surface area contributed by atoms with Crippen molar-refractivity contribution < 1.29 is 24.4 Å². The molecule has 0 aromatic heterocycles. The molecule has 10 heteroatoms. The summed E-state index contributed by atoms with van der Waals surface area (Å²) in [4.78, 5) is 47.2. The number of aromatic carboxylic acids is 1. The van der Waals surface area contributed by atoms with Crippen LogP contribution in [-0.4, -0.2) is 27.8 Å². The molecule has 3 N–H and O–H groups in total. The normalized spacial score (nSPS) is 10.9. The Morgan fingerprint density at radius 1 is 0.970 bits per heavy atom. The number of hydrogen-bond acceptors (Lipinski definition) is 5. The molecule has 0 saturated carbocycles. The van der Waals surface area contributed by atoms with E-state index in [2.05, 4.69) is 10.6 Å². The SMILES string of the molecule is O=C(Nc1cccc(C(=O)O)c1)/C(=C\c1ccc([N+](=O)[O-])cc1)NC(=O)c1ccccc1Cl. The summed E-state index contributed by atoms with van der Waals surface area (Å²) in [6.45, 7) is 0. The van der Waals surface area contributed by atoms with Gasteiger partial charge in [-0.15, -0.1) is 0 Å². The molecule has 166 valence electrons. The lowest BCUT2D eigenvalue weighted by atomic mass is 10.1. The smallest absolute Gasteiger partial charge is 0.335 e. The first kappa shape index (κ1) is 23.2. The third-order valence-electron chi connectivity index (χ3n) is 4.39. The number of nitrogens with one attached hydrogen (secondary N) is 2. The molecule has 0 bridgehead atoms. The Morgan fingerprint density at radius 3 is 2.30 bits per heavy atom. The number of rotatable bonds is 7. The fraction of sp³-hybridized carbons (Fsp3) is 0. The molecule has 9 nitrogen and oxygen atoms in total. The fourth-order valence-corrected chi connectivity index (χ4v) is 3.00. The minimum atomic E-state index is -1.17. The molecule has 33 heavy (non-hydrogen) atoms. The molecule has 0 heterocycles. The van der Waals surface area contributed by atoms with Crippen LogP contribution in [-0.2, 0) is 4.79 Å². The first-order valence-electron chi connectivity index (χ1n) is 9.41. The van der Waals surface area contributed by atoms with Crippen molar-refractivity contribution in [3.63, 3.8) is 0 Å². The van der Waals surface area contributed by atoms with Gasteiger partial charge in [0.1, 0.15) is 5.70 Å². The summed E-state index contributed by atoms with van der Waals surface area (Å²) in [5.41, 5.74) is 0.382. The number of halogens is 1. The van der Waals surface area contributed by atoms with Crippen molar-refractivity contribution in [2.45, 2.75) is 0 Å². The zero-order valence-electron chi connectivity index (χ0n) is 16.8. The number of carboxylic acids is 1. The maximum absolute atomic E-state index is 12.9. The van der Waals surface area contributed by atoms with Crippen LogP contribution in [0.25, 0.3) is 6.08 Å². The van der Waals surface area contributed by atoms with E-state index in [1.54, 1.807) is 12.1 Å². The first-order chi connectivity index (χ1) is 15.7. The van der Waals surface area contributed by atoms with Crippen LogP contribution >= 0.6 is 11.6 Å². The average Bonchev–Trinajstić information content (AvgIpc) is 2.79. The van der Waals surface area contributed by atoms with Crippen LogP contribution in [0.5, 0.6) is 0 Å². The van der Waals surface area contributed by atoms with E-state index < -0.39 is 22.7 Å². The van der Waals surface area contributed by atoms with E-state index in [9.17, 15) is 24.5 Å². The molecule has 3 rings (SSSR count). The Morgan fingerprint density at radius 2 is 1.67 bits per heavy atom. The van der Waals surface area contributed by atoms with E-state index in [1.807, 2.05) is 0 Å². The molecule has 0 saturated heterocycles. The number of benzene rings is 3. The number of non-ortho nitro benzene ring substituents is 1. The number of carboxylic acid groups (broad SMARTS) is 1. The summed E-state index contributed by atoms with van der Waals surface area (Å²) in [7, 11) is 0. The van der Waals surface area contributed by atoms with E-state index >= 15 is 0 Å². The Hall–Kier alpha value is -4.50. The maximum atomic E-state index is 12.9. The minimum Gasteiger partial charge on any atom is -0.478 e. The van der Waals surface area contributed by atoms with Gasteiger partial charge in [0.05, 0.1) is 21.1 Å². The molecule has 3 aromatic rings. The highest BCUT2D eigenvalue weighted by molar-refractivity contribution is 6.34. The van der Waals surface area contributed by atoms with Crippen LogP contribution in [0.15, 0.2) is 78.5 Å². The van der Waals surface area contributed by atoms with Crippen molar-refractivity contribution in [3.8, 4) is 0 Å². The van der Waals surface area contributed by atoms with Gasteiger partial charge in [0.2, 0.25) is 0 Å². The van der Waals surface area contributed by atoms with Gasteiger partial charge in [0.15, 0.2) is 0 Å². The van der Waals surface area contributed by atoms with Crippen LogP contribution < -0.4 is 10.6 Å². The summed E-state index contributed by atoms with van der Waals surface area (Å²) in [5, 5.41) is 25.2. The predicted molar refractivity (Wildman–Crippen MR) is 122 cm³/mol. The topological polar surface area (TPSA) is 139 Å². The average molecular weight is 466 g/mol. The second kappa shape index (κ2) is 10.2. The predicted octanol–water partition coefficient (Wildman–Crippen LogP) is 4.36. The second-order valence-corrected chi connectivity index (χ2v) is 7.09. The number of hydrogen-bond donors (Lipinski definition) is 3. The number of carbonyl (C=O) groups is 3. The number of nitro benzene ring substituents is 1. The highest BCUT2D eigenvalue weighted by Gasteiger charge is 2.17. The molecule has 3 aromatic carbocycles. The Bertz CT molecular complexity index is 1270. The monoisotopic (exact) mass is 465 g/mol. The fourth-order valence-electron chi connectivity index (χ4n) is 2.78. The van der Waals surface area contributed by atoms with Crippen LogP contribution in [0.2, 0.25) is 5.02 Å². The molecule has 0 atom stereocenters. The van der Waals surface area contributed by atoms with Crippen LogP contribution in [0.1, 0.15) is 26.3 Å². The molecule has 0 aliphatic rings. The van der Waals surface area contributed by atoms with Crippen LogP contribution in [0, 0.1) is 10.1 Å². The molecule has 2 amide bonds. The lowest BCUT2D eigenvalue weighted by molar-refractivity contribution is -0.384. The Kier molecular flexibility index (Phi) is 7.17. The van der Waals surface area contributed by atoms with Crippen molar-refractivity contribution >= 4 is 46.8 Å². The van der Waals surface area contributed by atoms with Gasteiger partial charge in [0, 0.05) is 17.8 Å². The minimum absolute atomic E-state index is 0.0335. The largest absolute Gasteiger partial charge is 0.478 e. The third kappa shape index (κ3) is 6.02. The zero-order chi connectivity index (χ0) is 24.0. The van der Waals surface area contributed by atoms with E-state index in [0.717, 1.165) is 0 Å². The number of nitro groups is 1. The summed E-state index contributed by atoms with van der Waals surface area (Å²) < 4.78 is 0. The molecule has 0 spiro atoms. The summed E-state index contributed by atoms with van der Waals surface area (Å²) >= 11 is 6.07. The van der Waals surface area contributed by atoms with Gasteiger partial charge in [-0.2, -0.15) is 0 Å². The Balaban J connectivity index is 1.93. The van der Waals surface area contributed by atoms with Crippen molar-refractivity contribution in [2.75, 3.05) is 5.32 Å². The third-order valence-corrected chi connectivity index (χ3v) is 4.72. The van der Waals surface area contributed by atoms with Gasteiger partial charge >= 0.3 is 5.97 Å². The first-order valence-corrected chi connectivity index (χ1v) is 9.79. The molecule has 0 aliphatic heterocycles. The van der Waals surface area contributed by atoms with Gasteiger partial charge in [-0.1, -0.05) is 29.8 Å². The van der Waals surface area contributed by atoms with Gasteiger partial charge in [-0.3, -0.25) is 19.7 Å². The quantitative estimate of drug-likeness (QED) is 0.269. The van der Waals surface area contributed by atoms with Crippen molar-refractivity contribution in [1.82, 2.24) is 5.32 Å². The molecule has 0 unspecified atom stereocenters. The lowest BCUT2D eigenvalue weighted by Gasteiger charge is -2.12. The van der Waals surface area contributed by atoms with Crippen LogP contribution in [0.3, 0.4) is 0 Å². The van der Waals surface area contributed by atoms with Crippen molar-refractivity contribution in [2.24, 2.45) is 0 Å². The summed E-state index contributed by atoms with van der Waals surface area (Å²) in [6.07, 6.45) is 1.33. The van der Waals surface area contributed by atoms with Crippen LogP contribution in [0.4, 0.5) is 11.4 Å². The molecular formula is C23H16ClN3O6. The van der Waals surface area contributed by atoms with Crippen molar-refractivity contribution in [3.05, 3.63) is 110 Å².